The number of methoxy groups -OCH3 is 2. The number of hydrogen-bond acceptors (Lipinski definition) is 9. The molecular formula is C28H28N2O7S. The first-order valence-corrected chi connectivity index (χ1v) is 12.8. The number of ether oxygens (including phenoxy) is 4. The summed E-state index contributed by atoms with van der Waals surface area (Å²) in [5.74, 6) is -0.485. The number of fused-ring (bicyclic) bond motifs is 1. The molecule has 1 aromatic heterocycles. The molecule has 2 heterocycles. The van der Waals surface area contributed by atoms with Crippen LogP contribution in [0, 0.1) is 0 Å². The standard InChI is InChI=1S/C28H28N2O7S/c1-5-36-27(32)21-23(29)22(28(33)37-6-2)26-30(24(21)17-12-8-10-14-19(17)35-4)25(31)20(38-26)15-16-11-7-9-13-18(16)34-3/h7-15,24H,5-6,29H2,1-4H3/b20-15+/t24-/m1/s1. The first kappa shape index (κ1) is 26.7. The fourth-order valence-corrected chi connectivity index (χ4v) is 5.54. The van der Waals surface area contributed by atoms with Gasteiger partial charge in [-0.1, -0.05) is 36.4 Å². The van der Waals surface area contributed by atoms with Gasteiger partial charge in [0.25, 0.3) is 5.56 Å². The fourth-order valence-electron chi connectivity index (χ4n) is 4.38. The van der Waals surface area contributed by atoms with Crippen LogP contribution in [0.25, 0.3) is 11.6 Å². The summed E-state index contributed by atoms with van der Waals surface area (Å²) < 4.78 is 23.6. The molecule has 1 aliphatic heterocycles. The second-order valence-corrected chi connectivity index (χ2v) is 9.15. The fraction of sp³-hybridized carbons (Fsp3) is 0.250. The van der Waals surface area contributed by atoms with E-state index < -0.39 is 23.5 Å². The zero-order chi connectivity index (χ0) is 27.4. The lowest BCUT2D eigenvalue weighted by molar-refractivity contribution is -0.139. The van der Waals surface area contributed by atoms with Crippen molar-refractivity contribution in [2.45, 2.75) is 19.9 Å². The van der Waals surface area contributed by atoms with Gasteiger partial charge in [0.05, 0.1) is 43.2 Å². The number of esters is 2. The van der Waals surface area contributed by atoms with Gasteiger partial charge in [0.15, 0.2) is 0 Å². The lowest BCUT2D eigenvalue weighted by Crippen LogP contribution is -2.43. The molecule has 0 saturated carbocycles. The zero-order valence-electron chi connectivity index (χ0n) is 21.5. The zero-order valence-corrected chi connectivity index (χ0v) is 22.3. The summed E-state index contributed by atoms with van der Waals surface area (Å²) in [7, 11) is 3.03. The van der Waals surface area contributed by atoms with Crippen molar-refractivity contribution in [1.82, 2.24) is 4.57 Å². The Hall–Kier alpha value is -4.31. The van der Waals surface area contributed by atoms with Crippen molar-refractivity contribution < 1.29 is 28.5 Å². The first-order valence-electron chi connectivity index (χ1n) is 11.9. The monoisotopic (exact) mass is 536 g/mol. The Morgan fingerprint density at radius 1 is 0.947 bits per heavy atom. The largest absolute Gasteiger partial charge is 0.496 e. The lowest BCUT2D eigenvalue weighted by atomic mass is 9.91. The molecule has 1 atom stereocenters. The third-order valence-corrected chi connectivity index (χ3v) is 7.10. The Kier molecular flexibility index (Phi) is 8.02. The maximum atomic E-state index is 14.0. The van der Waals surface area contributed by atoms with E-state index in [4.69, 9.17) is 24.7 Å². The Morgan fingerprint density at radius 2 is 1.55 bits per heavy atom. The molecule has 0 radical (unpaired) electrons. The lowest BCUT2D eigenvalue weighted by Gasteiger charge is -2.28. The van der Waals surface area contributed by atoms with Gasteiger partial charge in [0.1, 0.15) is 27.8 Å². The number of carbonyl (C=O) groups is 2. The molecule has 2 aromatic carbocycles. The molecule has 0 amide bonds. The van der Waals surface area contributed by atoms with Crippen LogP contribution in [0.15, 0.2) is 64.6 Å². The molecule has 0 aliphatic carbocycles. The third-order valence-electron chi connectivity index (χ3n) is 5.99. The number of aromatic nitrogens is 1. The first-order chi connectivity index (χ1) is 18.4. The maximum absolute atomic E-state index is 14.0. The SMILES string of the molecule is CCOC(=O)C1=C(N)C(C(=O)OCC)=c2s/c(=C/c3ccccc3OC)c(=O)n2[C@@H]1c1ccccc1OC. The van der Waals surface area contributed by atoms with Crippen molar-refractivity contribution in [2.24, 2.45) is 5.73 Å². The van der Waals surface area contributed by atoms with E-state index in [0.29, 0.717) is 27.2 Å². The van der Waals surface area contributed by atoms with Crippen molar-refractivity contribution in [2.75, 3.05) is 27.4 Å². The van der Waals surface area contributed by atoms with Gasteiger partial charge in [-0.25, -0.2) is 9.59 Å². The Bertz CT molecular complexity index is 1600. The molecule has 0 unspecified atom stereocenters. The molecule has 0 saturated heterocycles. The predicted molar refractivity (Wildman–Crippen MR) is 143 cm³/mol. The van der Waals surface area contributed by atoms with Crippen LogP contribution in [0.4, 0.5) is 0 Å². The highest BCUT2D eigenvalue weighted by molar-refractivity contribution is 7.07. The number of nitrogens with two attached hydrogens (primary N) is 1. The van der Waals surface area contributed by atoms with Crippen LogP contribution in [0.3, 0.4) is 0 Å². The Labute approximate surface area is 223 Å². The Morgan fingerprint density at radius 3 is 2.21 bits per heavy atom. The molecule has 1 aliphatic rings. The summed E-state index contributed by atoms with van der Waals surface area (Å²) in [6, 6.07) is 13.2. The van der Waals surface area contributed by atoms with Crippen molar-refractivity contribution in [1.29, 1.82) is 0 Å². The van der Waals surface area contributed by atoms with Crippen LogP contribution in [-0.4, -0.2) is 43.9 Å². The molecule has 38 heavy (non-hydrogen) atoms. The summed E-state index contributed by atoms with van der Waals surface area (Å²) in [6.07, 6.45) is 1.68. The smallest absolute Gasteiger partial charge is 0.343 e. The summed E-state index contributed by atoms with van der Waals surface area (Å²) in [5, 5.41) is 0. The quantitative estimate of drug-likeness (QED) is 0.434. The average molecular weight is 537 g/mol. The van der Waals surface area contributed by atoms with Crippen LogP contribution in [0.5, 0.6) is 11.5 Å². The van der Waals surface area contributed by atoms with E-state index in [9.17, 15) is 14.4 Å². The molecular weight excluding hydrogens is 508 g/mol. The van der Waals surface area contributed by atoms with Crippen LogP contribution in [0.1, 0.15) is 31.0 Å². The van der Waals surface area contributed by atoms with Gasteiger partial charge in [0.2, 0.25) is 0 Å². The third kappa shape index (κ3) is 4.70. The summed E-state index contributed by atoms with van der Waals surface area (Å²) in [6.45, 7) is 3.47. The number of carbonyl (C=O) groups excluding carboxylic acids is 2. The number of nitrogens with zero attached hydrogens (tertiary/aromatic N) is 1. The number of benzene rings is 2. The number of para-hydroxylation sites is 2. The van der Waals surface area contributed by atoms with Crippen molar-refractivity contribution in [3.8, 4) is 11.5 Å². The summed E-state index contributed by atoms with van der Waals surface area (Å²) >= 11 is 1.08. The molecule has 3 aromatic rings. The predicted octanol–water partition coefficient (Wildman–Crippen LogP) is 1.85. The van der Waals surface area contributed by atoms with Crippen molar-refractivity contribution in [3.05, 3.63) is 90.5 Å². The molecule has 10 heteroatoms. The van der Waals surface area contributed by atoms with Gasteiger partial charge in [-0.05, 0) is 32.1 Å². The minimum absolute atomic E-state index is 0.0457. The van der Waals surface area contributed by atoms with E-state index in [1.807, 2.05) is 18.2 Å². The van der Waals surface area contributed by atoms with E-state index >= 15 is 0 Å². The highest BCUT2D eigenvalue weighted by atomic mass is 32.1. The Balaban J connectivity index is 2.15. The van der Waals surface area contributed by atoms with Gasteiger partial charge < -0.3 is 24.7 Å². The molecule has 198 valence electrons. The number of thiazole rings is 1. The van der Waals surface area contributed by atoms with Gasteiger partial charge in [-0.15, -0.1) is 11.3 Å². The van der Waals surface area contributed by atoms with E-state index in [2.05, 4.69) is 0 Å². The molecule has 0 fully saturated rings. The minimum atomic E-state index is -1.01. The van der Waals surface area contributed by atoms with Crippen molar-refractivity contribution in [3.63, 3.8) is 0 Å². The van der Waals surface area contributed by atoms with Gasteiger partial charge in [-0.2, -0.15) is 0 Å². The normalized spacial score (nSPS) is 15.2. The van der Waals surface area contributed by atoms with Crippen molar-refractivity contribution >= 4 is 34.9 Å². The molecule has 0 bridgehead atoms. The minimum Gasteiger partial charge on any atom is -0.496 e. The molecule has 4 rings (SSSR count). The molecule has 0 spiro atoms. The van der Waals surface area contributed by atoms with Crippen LogP contribution < -0.4 is 30.0 Å². The summed E-state index contributed by atoms with van der Waals surface area (Å²) in [4.78, 5) is 40.5. The van der Waals surface area contributed by atoms with Crippen LogP contribution >= 0.6 is 11.3 Å². The van der Waals surface area contributed by atoms with Crippen LogP contribution in [0.2, 0.25) is 0 Å². The molecule has 2 N–H and O–H groups in total. The number of rotatable bonds is 8. The second kappa shape index (κ2) is 11.4. The number of hydrogen-bond donors (Lipinski definition) is 1. The van der Waals surface area contributed by atoms with E-state index in [-0.39, 0.29) is 34.7 Å². The van der Waals surface area contributed by atoms with E-state index in [1.165, 1.54) is 11.7 Å². The van der Waals surface area contributed by atoms with Gasteiger partial charge >= 0.3 is 11.9 Å². The second-order valence-electron chi connectivity index (χ2n) is 8.12. The van der Waals surface area contributed by atoms with Gasteiger partial charge in [-0.3, -0.25) is 9.36 Å². The van der Waals surface area contributed by atoms with Gasteiger partial charge in [0, 0.05) is 11.1 Å². The summed E-state index contributed by atoms with van der Waals surface area (Å²) in [5.41, 5.74) is 7.07. The molecule has 9 nitrogen and oxygen atoms in total. The van der Waals surface area contributed by atoms with Crippen LogP contribution in [-0.2, 0) is 19.1 Å². The van der Waals surface area contributed by atoms with E-state index in [1.54, 1.807) is 57.4 Å². The average Bonchev–Trinajstić information content (AvgIpc) is 3.23. The highest BCUT2D eigenvalue weighted by Crippen LogP contribution is 2.36. The maximum Gasteiger partial charge on any atom is 0.343 e. The highest BCUT2D eigenvalue weighted by Gasteiger charge is 2.39. The van der Waals surface area contributed by atoms with E-state index in [0.717, 1.165) is 11.3 Å². The topological polar surface area (TPSA) is 119 Å².